The van der Waals surface area contributed by atoms with E-state index in [-0.39, 0.29) is 5.54 Å². The second-order valence-corrected chi connectivity index (χ2v) is 4.59. The van der Waals surface area contributed by atoms with Crippen molar-refractivity contribution >= 4 is 0 Å². The summed E-state index contributed by atoms with van der Waals surface area (Å²) in [6.45, 7) is 5.65. The number of nitrogens with zero attached hydrogens (tertiary/aromatic N) is 1. The van der Waals surface area contributed by atoms with E-state index in [1.807, 2.05) is 12.3 Å². The number of hydrogen-bond acceptors (Lipinski definition) is 3. The molecule has 1 aromatic heterocycles. The average Bonchev–Trinajstić information content (AvgIpc) is 2.67. The van der Waals surface area contributed by atoms with Gasteiger partial charge in [-0.15, -0.1) is 0 Å². The van der Waals surface area contributed by atoms with Crippen molar-refractivity contribution in [1.82, 2.24) is 4.98 Å². The molecule has 2 rings (SSSR count). The van der Waals surface area contributed by atoms with E-state index in [0.29, 0.717) is 12.5 Å². The molecule has 0 bridgehead atoms. The fourth-order valence-electron chi connectivity index (χ4n) is 1.82. The van der Waals surface area contributed by atoms with Crippen molar-refractivity contribution in [3.63, 3.8) is 0 Å². The number of hydrogen-bond donors (Lipinski definition) is 1. The molecule has 0 amide bonds. The van der Waals surface area contributed by atoms with Crippen LogP contribution >= 0.6 is 0 Å². The fourth-order valence-corrected chi connectivity index (χ4v) is 1.82. The molecule has 1 aliphatic rings. The van der Waals surface area contributed by atoms with Crippen LogP contribution in [0.1, 0.15) is 37.4 Å². The summed E-state index contributed by atoms with van der Waals surface area (Å²) in [5.74, 6) is 0.514. The Bertz CT molecular complexity index is 326. The molecule has 82 valence electrons. The zero-order valence-corrected chi connectivity index (χ0v) is 9.36. The Morgan fingerprint density at radius 1 is 1.47 bits per heavy atom. The second-order valence-electron chi connectivity index (χ2n) is 4.59. The van der Waals surface area contributed by atoms with Crippen LogP contribution in [0.15, 0.2) is 18.3 Å². The molecule has 2 heterocycles. The number of ether oxygens (including phenoxy) is 1. The molecule has 0 saturated carbocycles. The maximum absolute atomic E-state index is 6.22. The minimum atomic E-state index is -0.366. The highest BCUT2D eigenvalue weighted by Crippen LogP contribution is 2.26. The van der Waals surface area contributed by atoms with Gasteiger partial charge >= 0.3 is 0 Å². The van der Waals surface area contributed by atoms with E-state index in [9.17, 15) is 0 Å². The lowest BCUT2D eigenvalue weighted by Crippen LogP contribution is -2.37. The van der Waals surface area contributed by atoms with Gasteiger partial charge < -0.3 is 10.5 Å². The van der Waals surface area contributed by atoms with Gasteiger partial charge in [0, 0.05) is 12.8 Å². The molecule has 1 atom stereocenters. The van der Waals surface area contributed by atoms with Crippen LogP contribution in [0.5, 0.6) is 0 Å². The van der Waals surface area contributed by atoms with E-state index in [4.69, 9.17) is 10.5 Å². The number of pyridine rings is 1. The molecule has 15 heavy (non-hydrogen) atoms. The second kappa shape index (κ2) is 3.91. The molecule has 3 nitrogen and oxygen atoms in total. The summed E-state index contributed by atoms with van der Waals surface area (Å²) in [5, 5.41) is 0. The molecule has 1 unspecified atom stereocenters. The maximum atomic E-state index is 6.22. The lowest BCUT2D eigenvalue weighted by atomic mass is 9.94. The van der Waals surface area contributed by atoms with Crippen molar-refractivity contribution in [3.8, 4) is 0 Å². The van der Waals surface area contributed by atoms with Gasteiger partial charge in [0.25, 0.3) is 0 Å². The molecule has 0 spiro atoms. The molecule has 1 fully saturated rings. The van der Waals surface area contributed by atoms with Crippen LogP contribution < -0.4 is 5.73 Å². The molecule has 0 aromatic carbocycles. The lowest BCUT2D eigenvalue weighted by Gasteiger charge is -2.21. The quantitative estimate of drug-likeness (QED) is 0.802. The zero-order valence-electron chi connectivity index (χ0n) is 9.36. The Balaban J connectivity index is 2.23. The molecule has 3 heteroatoms. The van der Waals surface area contributed by atoms with Crippen LogP contribution in [0, 0.1) is 0 Å². The fraction of sp³-hybridized carbons (Fsp3) is 0.583. The smallest absolute Gasteiger partial charge is 0.0842 e. The summed E-state index contributed by atoms with van der Waals surface area (Å²) in [7, 11) is 0. The van der Waals surface area contributed by atoms with Crippen LogP contribution in [0.25, 0.3) is 0 Å². The SMILES string of the molecule is CC(C)c1ccc(C2(N)CCOC2)nc1. The van der Waals surface area contributed by atoms with Crippen LogP contribution in [-0.2, 0) is 10.3 Å². The molecule has 1 saturated heterocycles. The Morgan fingerprint density at radius 2 is 2.27 bits per heavy atom. The minimum absolute atomic E-state index is 0.366. The van der Waals surface area contributed by atoms with Gasteiger partial charge in [-0.1, -0.05) is 19.9 Å². The van der Waals surface area contributed by atoms with E-state index < -0.39 is 0 Å². The predicted molar refractivity (Wildman–Crippen MR) is 59.6 cm³/mol. The lowest BCUT2D eigenvalue weighted by molar-refractivity contribution is 0.177. The molecular formula is C12H18N2O. The first-order valence-electron chi connectivity index (χ1n) is 5.45. The van der Waals surface area contributed by atoms with Crippen LogP contribution in [0.3, 0.4) is 0 Å². The van der Waals surface area contributed by atoms with Crippen LogP contribution in [-0.4, -0.2) is 18.2 Å². The van der Waals surface area contributed by atoms with Gasteiger partial charge in [-0.05, 0) is 24.0 Å². The molecule has 1 aliphatic heterocycles. The van der Waals surface area contributed by atoms with E-state index in [0.717, 1.165) is 18.7 Å². The third-order valence-electron chi connectivity index (χ3n) is 3.02. The molecule has 0 radical (unpaired) electrons. The van der Waals surface area contributed by atoms with Crippen molar-refractivity contribution in [2.75, 3.05) is 13.2 Å². The summed E-state index contributed by atoms with van der Waals surface area (Å²) >= 11 is 0. The average molecular weight is 206 g/mol. The van der Waals surface area contributed by atoms with Gasteiger partial charge in [0.2, 0.25) is 0 Å². The van der Waals surface area contributed by atoms with Gasteiger partial charge in [-0.3, -0.25) is 4.98 Å². The standard InChI is InChI=1S/C12H18N2O/c1-9(2)10-3-4-11(14-7-10)12(13)5-6-15-8-12/h3-4,7,9H,5-6,8,13H2,1-2H3. The van der Waals surface area contributed by atoms with Gasteiger partial charge in [0.15, 0.2) is 0 Å². The molecular weight excluding hydrogens is 188 g/mol. The summed E-state index contributed by atoms with van der Waals surface area (Å²) in [6.07, 6.45) is 2.79. The largest absolute Gasteiger partial charge is 0.379 e. The number of aromatic nitrogens is 1. The highest BCUT2D eigenvalue weighted by molar-refractivity contribution is 5.22. The third-order valence-corrected chi connectivity index (χ3v) is 3.02. The summed E-state index contributed by atoms with van der Waals surface area (Å²) in [5.41, 5.74) is 8.05. The van der Waals surface area contributed by atoms with Crippen molar-refractivity contribution in [3.05, 3.63) is 29.6 Å². The van der Waals surface area contributed by atoms with Crippen LogP contribution in [0.2, 0.25) is 0 Å². The van der Waals surface area contributed by atoms with Gasteiger partial charge in [0.1, 0.15) is 0 Å². The molecule has 1 aromatic rings. The zero-order chi connectivity index (χ0) is 10.9. The highest BCUT2D eigenvalue weighted by Gasteiger charge is 2.33. The predicted octanol–water partition coefficient (Wildman–Crippen LogP) is 1.78. The third kappa shape index (κ3) is 2.03. The monoisotopic (exact) mass is 206 g/mol. The first kappa shape index (κ1) is 10.6. The van der Waals surface area contributed by atoms with E-state index in [1.54, 1.807) is 0 Å². The van der Waals surface area contributed by atoms with Crippen LogP contribution in [0.4, 0.5) is 0 Å². The van der Waals surface area contributed by atoms with E-state index in [1.165, 1.54) is 5.56 Å². The van der Waals surface area contributed by atoms with Gasteiger partial charge in [0.05, 0.1) is 17.8 Å². The Labute approximate surface area is 90.7 Å². The summed E-state index contributed by atoms with van der Waals surface area (Å²) in [6, 6.07) is 4.14. The molecule has 2 N–H and O–H groups in total. The number of rotatable bonds is 2. The first-order chi connectivity index (χ1) is 7.12. The maximum Gasteiger partial charge on any atom is 0.0842 e. The Hall–Kier alpha value is -0.930. The number of nitrogens with two attached hydrogens (primary N) is 1. The van der Waals surface area contributed by atoms with Gasteiger partial charge in [-0.25, -0.2) is 0 Å². The highest BCUT2D eigenvalue weighted by atomic mass is 16.5. The Kier molecular flexibility index (Phi) is 2.76. The van der Waals surface area contributed by atoms with Crippen molar-refractivity contribution in [1.29, 1.82) is 0 Å². The van der Waals surface area contributed by atoms with Crippen molar-refractivity contribution in [2.24, 2.45) is 5.73 Å². The first-order valence-corrected chi connectivity index (χ1v) is 5.45. The van der Waals surface area contributed by atoms with Crippen molar-refractivity contribution < 1.29 is 4.74 Å². The summed E-state index contributed by atoms with van der Waals surface area (Å²) in [4.78, 5) is 4.45. The topological polar surface area (TPSA) is 48.1 Å². The summed E-state index contributed by atoms with van der Waals surface area (Å²) < 4.78 is 5.33. The van der Waals surface area contributed by atoms with Crippen molar-refractivity contribution in [2.45, 2.75) is 31.7 Å². The minimum Gasteiger partial charge on any atom is -0.379 e. The van der Waals surface area contributed by atoms with Gasteiger partial charge in [-0.2, -0.15) is 0 Å². The molecule has 0 aliphatic carbocycles. The van der Waals surface area contributed by atoms with E-state index >= 15 is 0 Å². The Morgan fingerprint density at radius 3 is 2.73 bits per heavy atom. The normalized spacial score (nSPS) is 26.1. The van der Waals surface area contributed by atoms with E-state index in [2.05, 4.69) is 24.9 Å².